The topological polar surface area (TPSA) is 54.9 Å². The third-order valence-electron chi connectivity index (χ3n) is 4.28. The molecule has 0 atom stereocenters. The molecular formula is C20H24FN3O2S. The molecule has 0 saturated heterocycles. The van der Waals surface area contributed by atoms with Crippen LogP contribution in [0.4, 0.5) is 4.39 Å². The number of guanidine groups is 1. The Morgan fingerprint density at radius 1 is 1.11 bits per heavy atom. The first kappa shape index (κ1) is 19.4. The number of benzene rings is 2. The van der Waals surface area contributed by atoms with E-state index >= 15 is 0 Å². The second kappa shape index (κ2) is 9.50. The number of ether oxygens (including phenoxy) is 2. The average molecular weight is 389 g/mol. The normalized spacial score (nSPS) is 12.9. The average Bonchev–Trinajstić information content (AvgIpc) is 3.14. The molecule has 0 fully saturated rings. The van der Waals surface area contributed by atoms with Gasteiger partial charge in [0, 0.05) is 25.9 Å². The highest BCUT2D eigenvalue weighted by atomic mass is 32.2. The lowest BCUT2D eigenvalue weighted by Crippen LogP contribution is -2.38. The quantitative estimate of drug-likeness (QED) is 0.562. The van der Waals surface area contributed by atoms with Gasteiger partial charge in [-0.15, -0.1) is 0 Å². The van der Waals surface area contributed by atoms with Crippen molar-refractivity contribution in [1.29, 1.82) is 0 Å². The molecule has 0 spiro atoms. The van der Waals surface area contributed by atoms with Crippen LogP contribution in [0.25, 0.3) is 0 Å². The molecule has 0 radical (unpaired) electrons. The molecule has 2 aromatic carbocycles. The molecule has 0 saturated carbocycles. The minimum atomic E-state index is -0.200. The largest absolute Gasteiger partial charge is 0.454 e. The number of aliphatic imine (C=N–C) groups is 1. The van der Waals surface area contributed by atoms with Gasteiger partial charge in [0.2, 0.25) is 6.79 Å². The second-order valence-electron chi connectivity index (χ2n) is 6.14. The Labute approximate surface area is 163 Å². The van der Waals surface area contributed by atoms with Gasteiger partial charge >= 0.3 is 0 Å². The number of rotatable bonds is 7. The summed E-state index contributed by atoms with van der Waals surface area (Å²) < 4.78 is 24.2. The molecular weight excluding hydrogens is 365 g/mol. The van der Waals surface area contributed by atoms with Gasteiger partial charge in [-0.1, -0.05) is 12.1 Å². The minimum Gasteiger partial charge on any atom is -0.454 e. The van der Waals surface area contributed by atoms with Crippen molar-refractivity contribution in [2.45, 2.75) is 18.7 Å². The lowest BCUT2D eigenvalue weighted by Gasteiger charge is -2.14. The highest BCUT2D eigenvalue weighted by Gasteiger charge is 2.13. The van der Waals surface area contributed by atoms with Gasteiger partial charge in [-0.3, -0.25) is 4.99 Å². The standard InChI is InChI=1S/C20H24FN3O2S/c1-22-20(24-11-15-4-5-17(21)10-16(15)12-27-2)23-8-7-14-3-6-18-19(9-14)26-13-25-18/h3-6,9-10H,7-8,11-13H2,1-2H3,(H2,22,23,24). The first-order valence-corrected chi connectivity index (χ1v) is 10.2. The van der Waals surface area contributed by atoms with E-state index in [1.807, 2.05) is 30.5 Å². The smallest absolute Gasteiger partial charge is 0.231 e. The summed E-state index contributed by atoms with van der Waals surface area (Å²) in [5.74, 6) is 2.90. The number of nitrogens with one attached hydrogen (secondary N) is 2. The van der Waals surface area contributed by atoms with Crippen molar-refractivity contribution < 1.29 is 13.9 Å². The van der Waals surface area contributed by atoms with Crippen LogP contribution < -0.4 is 20.1 Å². The minimum absolute atomic E-state index is 0.200. The Morgan fingerprint density at radius 2 is 1.96 bits per heavy atom. The zero-order valence-corrected chi connectivity index (χ0v) is 16.4. The molecule has 0 aliphatic carbocycles. The van der Waals surface area contributed by atoms with Crippen LogP contribution in [0.15, 0.2) is 41.4 Å². The molecule has 1 heterocycles. The van der Waals surface area contributed by atoms with Gasteiger partial charge in [0.15, 0.2) is 17.5 Å². The molecule has 0 aromatic heterocycles. The van der Waals surface area contributed by atoms with Crippen LogP contribution in [0.1, 0.15) is 16.7 Å². The van der Waals surface area contributed by atoms with Crippen molar-refractivity contribution in [1.82, 2.24) is 10.6 Å². The maximum atomic E-state index is 13.5. The molecule has 2 N–H and O–H groups in total. The maximum Gasteiger partial charge on any atom is 0.231 e. The van der Waals surface area contributed by atoms with Crippen molar-refractivity contribution in [2.75, 3.05) is 26.6 Å². The predicted octanol–water partition coefficient (Wildman–Crippen LogP) is 3.33. The molecule has 7 heteroatoms. The molecule has 3 rings (SSSR count). The van der Waals surface area contributed by atoms with Gasteiger partial charge in [0.25, 0.3) is 0 Å². The third kappa shape index (κ3) is 5.29. The summed E-state index contributed by atoms with van der Waals surface area (Å²) >= 11 is 1.68. The van der Waals surface area contributed by atoms with E-state index in [0.717, 1.165) is 47.3 Å². The van der Waals surface area contributed by atoms with Gasteiger partial charge in [0.1, 0.15) is 5.82 Å². The van der Waals surface area contributed by atoms with E-state index < -0.39 is 0 Å². The predicted molar refractivity (Wildman–Crippen MR) is 108 cm³/mol. The Morgan fingerprint density at radius 3 is 2.78 bits per heavy atom. The van der Waals surface area contributed by atoms with Crippen LogP contribution in [0.3, 0.4) is 0 Å². The third-order valence-corrected chi connectivity index (χ3v) is 4.88. The summed E-state index contributed by atoms with van der Waals surface area (Å²) in [6.45, 7) is 1.62. The van der Waals surface area contributed by atoms with Crippen LogP contribution in [0, 0.1) is 5.82 Å². The summed E-state index contributed by atoms with van der Waals surface area (Å²) in [6, 6.07) is 10.9. The van der Waals surface area contributed by atoms with E-state index in [2.05, 4.69) is 15.6 Å². The zero-order valence-electron chi connectivity index (χ0n) is 15.5. The monoisotopic (exact) mass is 389 g/mol. The molecule has 0 unspecified atom stereocenters. The Hall–Kier alpha value is -2.41. The summed E-state index contributed by atoms with van der Waals surface area (Å²) in [5, 5.41) is 6.60. The van der Waals surface area contributed by atoms with Crippen molar-refractivity contribution in [2.24, 2.45) is 4.99 Å². The number of halogens is 1. The molecule has 2 aromatic rings. The molecule has 5 nitrogen and oxygen atoms in total. The van der Waals surface area contributed by atoms with Crippen molar-refractivity contribution in [3.8, 4) is 11.5 Å². The van der Waals surface area contributed by atoms with Gasteiger partial charge in [-0.25, -0.2) is 4.39 Å². The van der Waals surface area contributed by atoms with E-state index in [1.54, 1.807) is 24.9 Å². The van der Waals surface area contributed by atoms with E-state index in [0.29, 0.717) is 6.54 Å². The molecule has 1 aliphatic rings. The fourth-order valence-electron chi connectivity index (χ4n) is 2.88. The first-order chi connectivity index (χ1) is 13.2. The second-order valence-corrected chi connectivity index (χ2v) is 7.00. The summed E-state index contributed by atoms with van der Waals surface area (Å²) in [4.78, 5) is 4.26. The molecule has 144 valence electrons. The fourth-order valence-corrected chi connectivity index (χ4v) is 3.46. The van der Waals surface area contributed by atoms with E-state index in [9.17, 15) is 4.39 Å². The number of thioether (sulfide) groups is 1. The first-order valence-electron chi connectivity index (χ1n) is 8.79. The van der Waals surface area contributed by atoms with Gasteiger partial charge < -0.3 is 20.1 Å². The lowest BCUT2D eigenvalue weighted by molar-refractivity contribution is 0.174. The van der Waals surface area contributed by atoms with E-state index in [-0.39, 0.29) is 12.6 Å². The van der Waals surface area contributed by atoms with Crippen molar-refractivity contribution in [3.05, 3.63) is 58.9 Å². The molecule has 0 bridgehead atoms. The summed E-state index contributed by atoms with van der Waals surface area (Å²) in [5.41, 5.74) is 3.25. The maximum absolute atomic E-state index is 13.5. The SMILES string of the molecule is CN=C(NCCc1ccc2c(c1)OCO2)NCc1ccc(F)cc1CSC. The van der Waals surface area contributed by atoms with E-state index in [1.165, 1.54) is 11.6 Å². The Bertz CT molecular complexity index is 814. The highest BCUT2D eigenvalue weighted by Crippen LogP contribution is 2.32. The van der Waals surface area contributed by atoms with Crippen LogP contribution in [0.2, 0.25) is 0 Å². The summed E-state index contributed by atoms with van der Waals surface area (Å²) in [6.07, 6.45) is 2.85. The van der Waals surface area contributed by atoms with Crippen LogP contribution in [-0.4, -0.2) is 32.6 Å². The fraction of sp³-hybridized carbons (Fsp3) is 0.350. The van der Waals surface area contributed by atoms with Crippen LogP contribution >= 0.6 is 11.8 Å². The van der Waals surface area contributed by atoms with Crippen molar-refractivity contribution in [3.63, 3.8) is 0 Å². The number of hydrogen-bond donors (Lipinski definition) is 2. The Balaban J connectivity index is 1.50. The number of nitrogens with zero attached hydrogens (tertiary/aromatic N) is 1. The number of hydrogen-bond acceptors (Lipinski definition) is 4. The molecule has 27 heavy (non-hydrogen) atoms. The zero-order chi connectivity index (χ0) is 19.1. The van der Waals surface area contributed by atoms with Gasteiger partial charge in [-0.2, -0.15) is 11.8 Å². The number of fused-ring (bicyclic) bond motifs is 1. The van der Waals surface area contributed by atoms with Gasteiger partial charge in [0.05, 0.1) is 0 Å². The van der Waals surface area contributed by atoms with E-state index in [4.69, 9.17) is 9.47 Å². The van der Waals surface area contributed by atoms with Crippen LogP contribution in [0.5, 0.6) is 11.5 Å². The lowest BCUT2D eigenvalue weighted by atomic mass is 10.1. The molecule has 0 amide bonds. The highest BCUT2D eigenvalue weighted by molar-refractivity contribution is 7.97. The summed E-state index contributed by atoms with van der Waals surface area (Å²) in [7, 11) is 1.74. The Kier molecular flexibility index (Phi) is 6.81. The molecule has 1 aliphatic heterocycles. The van der Waals surface area contributed by atoms with Crippen molar-refractivity contribution >= 4 is 17.7 Å². The van der Waals surface area contributed by atoms with Crippen LogP contribution in [-0.2, 0) is 18.7 Å². The van der Waals surface area contributed by atoms with Gasteiger partial charge in [-0.05, 0) is 53.6 Å².